The molecule has 0 aliphatic heterocycles. The number of nitrogens with one attached hydrogen (secondary N) is 1. The zero-order valence-corrected chi connectivity index (χ0v) is 15.9. The third-order valence-electron chi connectivity index (χ3n) is 5.15. The Morgan fingerprint density at radius 1 is 1.07 bits per heavy atom. The van der Waals surface area contributed by atoms with Gasteiger partial charge in [-0.3, -0.25) is 4.79 Å². The van der Waals surface area contributed by atoms with Gasteiger partial charge >= 0.3 is 0 Å². The van der Waals surface area contributed by atoms with E-state index in [9.17, 15) is 4.79 Å². The SMILES string of the molecule is CN(C)c1cc(Nc2ccc(C#N)cc2)c2c3c(onc13)-c1ccccc1C2=O. The Bertz CT molecular complexity index is 1330. The predicted molar refractivity (Wildman–Crippen MR) is 112 cm³/mol. The molecule has 0 bridgehead atoms. The number of benzene rings is 3. The molecule has 0 spiro atoms. The molecule has 0 saturated carbocycles. The van der Waals surface area contributed by atoms with Gasteiger partial charge in [-0.15, -0.1) is 0 Å². The Labute approximate surface area is 167 Å². The highest BCUT2D eigenvalue weighted by Crippen LogP contribution is 2.45. The van der Waals surface area contributed by atoms with Crippen LogP contribution in [0.5, 0.6) is 0 Å². The number of carbonyl (C=O) groups is 1. The smallest absolute Gasteiger partial charge is 0.196 e. The lowest BCUT2D eigenvalue weighted by molar-refractivity contribution is 0.104. The number of aromatic nitrogens is 1. The summed E-state index contributed by atoms with van der Waals surface area (Å²) in [5.74, 6) is 0.541. The van der Waals surface area contributed by atoms with Crippen molar-refractivity contribution in [1.82, 2.24) is 5.16 Å². The zero-order valence-electron chi connectivity index (χ0n) is 15.9. The number of ketones is 1. The summed E-state index contributed by atoms with van der Waals surface area (Å²) in [6.07, 6.45) is 0. The standard InChI is InChI=1S/C23H16N4O2/c1-27(2)18-11-17(25-14-9-7-13(12-24)8-10-14)19-20-21(18)26-29-23(20)16-6-4-3-5-15(16)22(19)28/h3-11,25H,1-2H3. The highest BCUT2D eigenvalue weighted by molar-refractivity contribution is 6.28. The van der Waals surface area contributed by atoms with E-state index >= 15 is 0 Å². The molecule has 1 heterocycles. The Morgan fingerprint density at radius 2 is 1.79 bits per heavy atom. The van der Waals surface area contributed by atoms with E-state index < -0.39 is 0 Å². The van der Waals surface area contributed by atoms with Gasteiger partial charge in [-0.1, -0.05) is 29.4 Å². The van der Waals surface area contributed by atoms with Crippen LogP contribution < -0.4 is 10.2 Å². The molecule has 1 aromatic heterocycles. The normalized spacial score (nSPS) is 11.8. The topological polar surface area (TPSA) is 82.2 Å². The van der Waals surface area contributed by atoms with Crippen molar-refractivity contribution in [2.24, 2.45) is 0 Å². The van der Waals surface area contributed by atoms with Crippen molar-refractivity contribution in [2.45, 2.75) is 0 Å². The van der Waals surface area contributed by atoms with Crippen LogP contribution in [-0.2, 0) is 0 Å². The molecular formula is C23H16N4O2. The summed E-state index contributed by atoms with van der Waals surface area (Å²) in [5.41, 5.74) is 5.45. The molecule has 5 rings (SSSR count). The highest BCUT2D eigenvalue weighted by atomic mass is 16.5. The van der Waals surface area contributed by atoms with Crippen molar-refractivity contribution in [3.8, 4) is 17.4 Å². The summed E-state index contributed by atoms with van der Waals surface area (Å²) in [7, 11) is 3.85. The van der Waals surface area contributed by atoms with E-state index in [4.69, 9.17) is 9.78 Å². The molecule has 29 heavy (non-hydrogen) atoms. The summed E-state index contributed by atoms with van der Waals surface area (Å²) in [6.45, 7) is 0. The first kappa shape index (κ1) is 17.0. The van der Waals surface area contributed by atoms with Gasteiger partial charge in [-0.2, -0.15) is 5.26 Å². The van der Waals surface area contributed by atoms with E-state index in [2.05, 4.69) is 16.5 Å². The van der Waals surface area contributed by atoms with Crippen LogP contribution in [0.25, 0.3) is 22.2 Å². The second kappa shape index (κ2) is 6.21. The Hall–Kier alpha value is -4.11. The van der Waals surface area contributed by atoms with Gasteiger partial charge in [-0.05, 0) is 30.3 Å². The average Bonchev–Trinajstić information content (AvgIpc) is 3.18. The third-order valence-corrected chi connectivity index (χ3v) is 5.15. The molecule has 6 nitrogen and oxygen atoms in total. The van der Waals surface area contributed by atoms with Crippen molar-refractivity contribution in [3.63, 3.8) is 0 Å². The fraction of sp³-hybridized carbons (Fsp3) is 0.0870. The van der Waals surface area contributed by atoms with Gasteiger partial charge in [-0.25, -0.2) is 0 Å². The summed E-state index contributed by atoms with van der Waals surface area (Å²) < 4.78 is 5.70. The molecule has 0 amide bonds. The Balaban J connectivity index is 1.78. The molecule has 140 valence electrons. The van der Waals surface area contributed by atoms with Crippen molar-refractivity contribution in [2.75, 3.05) is 24.3 Å². The minimum atomic E-state index is -0.0669. The molecule has 1 aliphatic carbocycles. The van der Waals surface area contributed by atoms with Crippen LogP contribution in [0, 0.1) is 11.3 Å². The van der Waals surface area contributed by atoms with Crippen molar-refractivity contribution < 1.29 is 9.32 Å². The fourth-order valence-electron chi connectivity index (χ4n) is 3.77. The molecule has 4 aromatic rings. The van der Waals surface area contributed by atoms with Crippen LogP contribution in [-0.4, -0.2) is 25.0 Å². The van der Waals surface area contributed by atoms with Crippen molar-refractivity contribution in [1.29, 1.82) is 5.26 Å². The molecule has 1 N–H and O–H groups in total. The lowest BCUT2D eigenvalue weighted by atomic mass is 9.86. The van der Waals surface area contributed by atoms with Gasteiger partial charge < -0.3 is 14.7 Å². The molecule has 0 saturated heterocycles. The van der Waals surface area contributed by atoms with E-state index in [-0.39, 0.29) is 5.78 Å². The highest BCUT2D eigenvalue weighted by Gasteiger charge is 2.33. The first-order chi connectivity index (χ1) is 14.1. The number of anilines is 3. The van der Waals surface area contributed by atoms with Gasteiger partial charge in [0.25, 0.3) is 0 Å². The van der Waals surface area contributed by atoms with Gasteiger partial charge in [0, 0.05) is 30.9 Å². The average molecular weight is 380 g/mol. The largest absolute Gasteiger partial charge is 0.376 e. The van der Waals surface area contributed by atoms with Crippen LogP contribution in [0.2, 0.25) is 0 Å². The maximum absolute atomic E-state index is 13.4. The zero-order chi connectivity index (χ0) is 20.1. The predicted octanol–water partition coefficient (Wildman–Crippen LogP) is 4.72. The molecule has 0 atom stereocenters. The second-order valence-corrected chi connectivity index (χ2v) is 7.14. The van der Waals surface area contributed by atoms with E-state index in [1.807, 2.05) is 55.4 Å². The summed E-state index contributed by atoms with van der Waals surface area (Å²) >= 11 is 0. The van der Waals surface area contributed by atoms with Gasteiger partial charge in [0.1, 0.15) is 5.52 Å². The molecule has 0 radical (unpaired) electrons. The van der Waals surface area contributed by atoms with Crippen LogP contribution in [0.15, 0.2) is 59.1 Å². The molecule has 1 aliphatic rings. The molecule has 3 aromatic carbocycles. The maximum Gasteiger partial charge on any atom is 0.196 e. The molecule has 0 fully saturated rings. The number of carbonyl (C=O) groups excluding carboxylic acids is 1. The van der Waals surface area contributed by atoms with Crippen molar-refractivity contribution in [3.05, 3.63) is 71.3 Å². The quantitative estimate of drug-likeness (QED) is 0.488. The second-order valence-electron chi connectivity index (χ2n) is 7.14. The monoisotopic (exact) mass is 380 g/mol. The summed E-state index contributed by atoms with van der Waals surface area (Å²) in [4.78, 5) is 15.4. The number of nitrogens with zero attached hydrogens (tertiary/aromatic N) is 3. The summed E-state index contributed by atoms with van der Waals surface area (Å²) in [6, 6.07) is 18.6. The van der Waals surface area contributed by atoms with E-state index in [0.717, 1.165) is 22.3 Å². The van der Waals surface area contributed by atoms with Gasteiger partial charge in [0.05, 0.1) is 34.0 Å². The van der Waals surface area contributed by atoms with E-state index in [1.165, 1.54) is 0 Å². The van der Waals surface area contributed by atoms with E-state index in [0.29, 0.717) is 33.7 Å². The first-order valence-electron chi connectivity index (χ1n) is 9.13. The fourth-order valence-corrected chi connectivity index (χ4v) is 3.77. The van der Waals surface area contributed by atoms with E-state index in [1.54, 1.807) is 18.2 Å². The molecular weight excluding hydrogens is 364 g/mol. The van der Waals surface area contributed by atoms with Crippen LogP contribution in [0.3, 0.4) is 0 Å². The molecule has 0 unspecified atom stereocenters. The van der Waals surface area contributed by atoms with Gasteiger partial charge in [0.15, 0.2) is 11.5 Å². The lowest BCUT2D eigenvalue weighted by Gasteiger charge is -2.21. The Morgan fingerprint density at radius 3 is 2.48 bits per heavy atom. The number of hydrogen-bond acceptors (Lipinski definition) is 6. The van der Waals surface area contributed by atoms with Crippen LogP contribution >= 0.6 is 0 Å². The minimum Gasteiger partial charge on any atom is -0.376 e. The van der Waals surface area contributed by atoms with Crippen LogP contribution in [0.1, 0.15) is 21.5 Å². The third kappa shape index (κ3) is 2.48. The minimum absolute atomic E-state index is 0.0669. The number of hydrogen-bond donors (Lipinski definition) is 1. The lowest BCUT2D eigenvalue weighted by Crippen LogP contribution is -2.15. The van der Waals surface area contributed by atoms with Gasteiger partial charge in [0.2, 0.25) is 0 Å². The number of nitriles is 1. The van der Waals surface area contributed by atoms with Crippen LogP contribution in [0.4, 0.5) is 17.1 Å². The summed E-state index contributed by atoms with van der Waals surface area (Å²) in [5, 5.41) is 17.4. The van der Waals surface area contributed by atoms with Crippen molar-refractivity contribution >= 4 is 33.7 Å². The molecule has 6 heteroatoms. The first-order valence-corrected chi connectivity index (χ1v) is 9.13. The Kier molecular flexibility index (Phi) is 3.65. The maximum atomic E-state index is 13.4. The number of rotatable bonds is 3. The number of fused-ring (bicyclic) bond motifs is 2.